The molecular weight excluding hydrogens is 317 g/mol. The molecule has 0 unspecified atom stereocenters. The second kappa shape index (κ2) is 5.69. The Labute approximate surface area is 118 Å². The minimum absolute atomic E-state index is 0.0486. The molecule has 1 fully saturated rings. The van der Waals surface area contributed by atoms with Crippen LogP contribution in [0.1, 0.15) is 18.4 Å². The molecule has 102 valence electrons. The van der Waals surface area contributed by atoms with Gasteiger partial charge in [-0.1, -0.05) is 6.07 Å². The summed E-state index contributed by atoms with van der Waals surface area (Å²) in [5.74, 6) is -1.63. The van der Waals surface area contributed by atoms with E-state index >= 15 is 0 Å². The van der Waals surface area contributed by atoms with Crippen LogP contribution in [0, 0.1) is 5.82 Å². The van der Waals surface area contributed by atoms with Gasteiger partial charge in [0.15, 0.2) is 0 Å². The lowest BCUT2D eigenvalue weighted by Crippen LogP contribution is -2.38. The third-order valence-corrected chi connectivity index (χ3v) is 3.56. The summed E-state index contributed by atoms with van der Waals surface area (Å²) < 4.78 is 13.4. The van der Waals surface area contributed by atoms with E-state index in [1.54, 1.807) is 6.07 Å². The van der Waals surface area contributed by atoms with Crippen molar-refractivity contribution < 1.29 is 19.1 Å². The highest BCUT2D eigenvalue weighted by Crippen LogP contribution is 2.27. The normalized spacial score (nSPS) is 14.2. The molecule has 0 aromatic heterocycles. The number of halogens is 2. The number of carboxylic acid groups (broad SMARTS) is 1. The summed E-state index contributed by atoms with van der Waals surface area (Å²) in [6.07, 6.45) is 1.79. The average Bonchev–Trinajstić information content (AvgIpc) is 3.14. The van der Waals surface area contributed by atoms with E-state index in [-0.39, 0.29) is 30.7 Å². The molecule has 0 bridgehead atoms. The molecule has 1 aromatic rings. The van der Waals surface area contributed by atoms with E-state index < -0.39 is 5.97 Å². The van der Waals surface area contributed by atoms with Gasteiger partial charge in [-0.3, -0.25) is 9.59 Å². The van der Waals surface area contributed by atoms with Crippen molar-refractivity contribution in [3.05, 3.63) is 34.1 Å². The number of amides is 1. The number of rotatable bonds is 5. The molecule has 0 heterocycles. The van der Waals surface area contributed by atoms with E-state index in [2.05, 4.69) is 15.9 Å². The second-order valence-corrected chi connectivity index (χ2v) is 5.43. The number of carbonyl (C=O) groups is 2. The van der Waals surface area contributed by atoms with Gasteiger partial charge in [0.1, 0.15) is 12.4 Å². The van der Waals surface area contributed by atoms with Crippen LogP contribution in [-0.2, 0) is 16.0 Å². The molecule has 0 atom stereocenters. The zero-order chi connectivity index (χ0) is 14.0. The first-order chi connectivity index (χ1) is 8.97. The van der Waals surface area contributed by atoms with Gasteiger partial charge in [0.25, 0.3) is 0 Å². The fourth-order valence-corrected chi connectivity index (χ4v) is 2.30. The summed E-state index contributed by atoms with van der Waals surface area (Å²) in [6, 6.07) is 4.40. The van der Waals surface area contributed by atoms with Crippen LogP contribution < -0.4 is 0 Å². The molecule has 0 aliphatic heterocycles. The van der Waals surface area contributed by atoms with Crippen molar-refractivity contribution >= 4 is 27.8 Å². The van der Waals surface area contributed by atoms with Crippen LogP contribution in [0.15, 0.2) is 22.7 Å². The van der Waals surface area contributed by atoms with Gasteiger partial charge in [-0.05, 0) is 46.5 Å². The zero-order valence-electron chi connectivity index (χ0n) is 10.1. The first-order valence-electron chi connectivity index (χ1n) is 5.92. The Kier molecular flexibility index (Phi) is 4.19. The number of carboxylic acids is 1. The van der Waals surface area contributed by atoms with E-state index in [0.717, 1.165) is 12.8 Å². The van der Waals surface area contributed by atoms with Crippen molar-refractivity contribution in [3.8, 4) is 0 Å². The molecule has 6 heteroatoms. The molecule has 0 spiro atoms. The summed E-state index contributed by atoms with van der Waals surface area (Å²) in [5.41, 5.74) is 0.661. The van der Waals surface area contributed by atoms with Gasteiger partial charge in [-0.25, -0.2) is 4.39 Å². The summed E-state index contributed by atoms with van der Waals surface area (Å²) in [7, 11) is 0. The minimum Gasteiger partial charge on any atom is -0.480 e. The first kappa shape index (κ1) is 14.0. The third kappa shape index (κ3) is 3.76. The third-order valence-electron chi connectivity index (χ3n) is 2.95. The molecular formula is C13H13BrFNO3. The fourth-order valence-electron chi connectivity index (χ4n) is 1.88. The number of benzene rings is 1. The molecule has 2 rings (SSSR count). The molecule has 1 amide bonds. The van der Waals surface area contributed by atoms with Gasteiger partial charge in [-0.2, -0.15) is 0 Å². The van der Waals surface area contributed by atoms with Gasteiger partial charge in [0.05, 0.1) is 10.9 Å². The van der Waals surface area contributed by atoms with Crippen LogP contribution in [0.5, 0.6) is 0 Å². The van der Waals surface area contributed by atoms with Crippen LogP contribution >= 0.6 is 15.9 Å². The van der Waals surface area contributed by atoms with Crippen LogP contribution in [-0.4, -0.2) is 34.5 Å². The Morgan fingerprint density at radius 3 is 2.63 bits per heavy atom. The van der Waals surface area contributed by atoms with Crippen molar-refractivity contribution in [2.75, 3.05) is 6.54 Å². The molecule has 1 saturated carbocycles. The zero-order valence-corrected chi connectivity index (χ0v) is 11.7. The van der Waals surface area contributed by atoms with E-state index in [4.69, 9.17) is 5.11 Å². The highest BCUT2D eigenvalue weighted by Gasteiger charge is 2.33. The van der Waals surface area contributed by atoms with E-state index in [1.165, 1.54) is 17.0 Å². The number of nitrogens with zero attached hydrogens (tertiary/aromatic N) is 1. The highest BCUT2D eigenvalue weighted by molar-refractivity contribution is 9.10. The molecule has 1 N–H and O–H groups in total. The Morgan fingerprint density at radius 1 is 1.42 bits per heavy atom. The molecule has 19 heavy (non-hydrogen) atoms. The van der Waals surface area contributed by atoms with Gasteiger partial charge in [0, 0.05) is 6.04 Å². The van der Waals surface area contributed by atoms with E-state index in [9.17, 15) is 14.0 Å². The van der Waals surface area contributed by atoms with Crippen LogP contribution in [0.3, 0.4) is 0 Å². The van der Waals surface area contributed by atoms with Crippen molar-refractivity contribution in [2.45, 2.75) is 25.3 Å². The monoisotopic (exact) mass is 329 g/mol. The van der Waals surface area contributed by atoms with Crippen LogP contribution in [0.4, 0.5) is 4.39 Å². The van der Waals surface area contributed by atoms with Gasteiger partial charge in [-0.15, -0.1) is 0 Å². The maximum Gasteiger partial charge on any atom is 0.323 e. The quantitative estimate of drug-likeness (QED) is 0.901. The highest BCUT2D eigenvalue weighted by atomic mass is 79.9. The molecule has 1 aliphatic carbocycles. The average molecular weight is 330 g/mol. The molecule has 0 saturated heterocycles. The second-order valence-electron chi connectivity index (χ2n) is 4.57. The van der Waals surface area contributed by atoms with Gasteiger partial charge in [0.2, 0.25) is 5.91 Å². The maximum absolute atomic E-state index is 13.1. The molecule has 4 nitrogen and oxygen atoms in total. The molecule has 1 aliphatic rings. The number of carbonyl (C=O) groups excluding carboxylic acids is 1. The molecule has 0 radical (unpaired) electrons. The Hall–Kier alpha value is -1.43. The van der Waals surface area contributed by atoms with Crippen molar-refractivity contribution in [1.82, 2.24) is 4.90 Å². The van der Waals surface area contributed by atoms with Crippen LogP contribution in [0.25, 0.3) is 0 Å². The number of hydrogen-bond donors (Lipinski definition) is 1. The number of aliphatic carboxylic acids is 1. The standard InChI is InChI=1S/C13H13BrFNO3/c14-10-5-8(1-4-11(10)15)6-12(17)16(7-13(18)19)9-2-3-9/h1,4-5,9H,2-3,6-7H2,(H,18,19). The summed E-state index contributed by atoms with van der Waals surface area (Å²) in [6.45, 7) is -0.272. The Bertz CT molecular complexity index is 517. The van der Waals surface area contributed by atoms with E-state index in [1.807, 2.05) is 0 Å². The lowest BCUT2D eigenvalue weighted by Gasteiger charge is -2.20. The van der Waals surface area contributed by atoms with Gasteiger partial charge < -0.3 is 10.0 Å². The van der Waals surface area contributed by atoms with Crippen molar-refractivity contribution in [3.63, 3.8) is 0 Å². The minimum atomic E-state index is -1.01. The van der Waals surface area contributed by atoms with Crippen LogP contribution in [0.2, 0.25) is 0 Å². The lowest BCUT2D eigenvalue weighted by atomic mass is 10.1. The predicted octanol–water partition coefficient (Wildman–Crippen LogP) is 2.21. The Balaban J connectivity index is 2.05. The number of hydrogen-bond acceptors (Lipinski definition) is 2. The SMILES string of the molecule is O=C(O)CN(C(=O)Cc1ccc(F)c(Br)c1)C1CC1. The Morgan fingerprint density at radius 2 is 2.11 bits per heavy atom. The smallest absolute Gasteiger partial charge is 0.323 e. The van der Waals surface area contributed by atoms with Crippen molar-refractivity contribution in [2.24, 2.45) is 0 Å². The molecule has 1 aromatic carbocycles. The fraction of sp³-hybridized carbons (Fsp3) is 0.385. The predicted molar refractivity (Wildman–Crippen MR) is 70.2 cm³/mol. The lowest BCUT2D eigenvalue weighted by molar-refractivity contribution is -0.144. The van der Waals surface area contributed by atoms with E-state index in [0.29, 0.717) is 10.0 Å². The summed E-state index contributed by atoms with van der Waals surface area (Å²) in [5, 5.41) is 8.81. The summed E-state index contributed by atoms with van der Waals surface area (Å²) in [4.78, 5) is 24.2. The van der Waals surface area contributed by atoms with Crippen molar-refractivity contribution in [1.29, 1.82) is 0 Å². The van der Waals surface area contributed by atoms with Gasteiger partial charge >= 0.3 is 5.97 Å². The first-order valence-corrected chi connectivity index (χ1v) is 6.72. The largest absolute Gasteiger partial charge is 0.480 e. The topological polar surface area (TPSA) is 57.6 Å². The summed E-state index contributed by atoms with van der Waals surface area (Å²) >= 11 is 3.06. The maximum atomic E-state index is 13.1.